The molecule has 3 nitrogen and oxygen atoms in total. The second kappa shape index (κ2) is 7.43. The average molecular weight is 268 g/mol. The number of nitrogens with zero attached hydrogens (tertiary/aromatic N) is 1. The Morgan fingerprint density at radius 1 is 1.15 bits per heavy atom. The van der Waals surface area contributed by atoms with Gasteiger partial charge in [0.1, 0.15) is 0 Å². The van der Waals surface area contributed by atoms with Crippen LogP contribution in [0.4, 0.5) is 0 Å². The predicted molar refractivity (Wildman–Crippen MR) is 80.7 cm³/mol. The van der Waals surface area contributed by atoms with E-state index in [9.17, 15) is 4.79 Å². The van der Waals surface area contributed by atoms with Crippen LogP contribution in [0.5, 0.6) is 0 Å². The van der Waals surface area contributed by atoms with Gasteiger partial charge in [-0.05, 0) is 43.9 Å². The highest BCUT2D eigenvalue weighted by atomic mass is 16.1. The van der Waals surface area contributed by atoms with Gasteiger partial charge >= 0.3 is 0 Å². The zero-order chi connectivity index (χ0) is 14.2. The predicted octanol–water partition coefficient (Wildman–Crippen LogP) is 3.14. The lowest BCUT2D eigenvalue weighted by molar-refractivity contribution is 0.0952. The molecule has 1 heterocycles. The molecule has 0 bridgehead atoms. The fourth-order valence-electron chi connectivity index (χ4n) is 2.01. The van der Waals surface area contributed by atoms with Crippen molar-refractivity contribution in [1.29, 1.82) is 0 Å². The maximum absolute atomic E-state index is 11.8. The Kier molecular flexibility index (Phi) is 5.30. The van der Waals surface area contributed by atoms with E-state index in [2.05, 4.69) is 41.5 Å². The molecule has 1 aromatic carbocycles. The summed E-state index contributed by atoms with van der Waals surface area (Å²) in [5, 5.41) is 2.92. The molecule has 104 valence electrons. The Labute approximate surface area is 120 Å². The smallest absolute Gasteiger partial charge is 0.252 e. The summed E-state index contributed by atoms with van der Waals surface area (Å²) in [5.74, 6) is -0.0477. The molecule has 0 saturated carbocycles. The molecule has 1 aromatic heterocycles. The molecular weight excluding hydrogens is 248 g/mol. The van der Waals surface area contributed by atoms with Gasteiger partial charge in [0.15, 0.2) is 0 Å². The number of pyridine rings is 1. The van der Waals surface area contributed by atoms with Gasteiger partial charge in [0.05, 0.1) is 5.56 Å². The third-order valence-corrected chi connectivity index (χ3v) is 3.22. The highest BCUT2D eigenvalue weighted by molar-refractivity contribution is 5.93. The van der Waals surface area contributed by atoms with Crippen LogP contribution in [0.25, 0.3) is 0 Å². The van der Waals surface area contributed by atoms with Gasteiger partial charge in [-0.15, -0.1) is 0 Å². The molecule has 0 spiro atoms. The van der Waals surface area contributed by atoms with Gasteiger partial charge in [0, 0.05) is 18.9 Å². The SMILES string of the molecule is Cc1ccc(CCCCNC(=O)c2cccnc2)cc1. The number of carbonyl (C=O) groups excluding carboxylic acids is 1. The number of unbranched alkanes of at least 4 members (excludes halogenated alkanes) is 1. The largest absolute Gasteiger partial charge is 0.352 e. The van der Waals surface area contributed by atoms with Crippen molar-refractivity contribution in [3.8, 4) is 0 Å². The Morgan fingerprint density at radius 2 is 1.95 bits per heavy atom. The van der Waals surface area contributed by atoms with Gasteiger partial charge in [-0.3, -0.25) is 9.78 Å². The average Bonchev–Trinajstić information content (AvgIpc) is 2.49. The van der Waals surface area contributed by atoms with Crippen LogP contribution in [-0.2, 0) is 6.42 Å². The highest BCUT2D eigenvalue weighted by Crippen LogP contribution is 2.07. The minimum absolute atomic E-state index is 0.0477. The van der Waals surface area contributed by atoms with Crippen molar-refractivity contribution in [2.45, 2.75) is 26.2 Å². The molecule has 2 aromatic rings. The van der Waals surface area contributed by atoms with Crippen LogP contribution in [0, 0.1) is 6.92 Å². The molecule has 0 radical (unpaired) electrons. The molecule has 1 N–H and O–H groups in total. The normalized spacial score (nSPS) is 10.2. The molecule has 0 aliphatic heterocycles. The van der Waals surface area contributed by atoms with Crippen LogP contribution >= 0.6 is 0 Å². The second-order valence-electron chi connectivity index (χ2n) is 4.94. The maximum atomic E-state index is 11.8. The van der Waals surface area contributed by atoms with E-state index in [0.717, 1.165) is 19.3 Å². The Balaban J connectivity index is 1.64. The van der Waals surface area contributed by atoms with E-state index in [0.29, 0.717) is 12.1 Å². The minimum Gasteiger partial charge on any atom is -0.352 e. The lowest BCUT2D eigenvalue weighted by Crippen LogP contribution is -2.24. The molecule has 0 aliphatic rings. The molecule has 0 aliphatic carbocycles. The zero-order valence-corrected chi connectivity index (χ0v) is 11.8. The van der Waals surface area contributed by atoms with Crippen LogP contribution in [0.2, 0.25) is 0 Å². The van der Waals surface area contributed by atoms with Crippen LogP contribution in [0.1, 0.15) is 34.3 Å². The lowest BCUT2D eigenvalue weighted by atomic mass is 10.1. The third kappa shape index (κ3) is 4.50. The molecule has 0 fully saturated rings. The van der Waals surface area contributed by atoms with Crippen LogP contribution in [-0.4, -0.2) is 17.4 Å². The van der Waals surface area contributed by atoms with Crippen molar-refractivity contribution in [2.75, 3.05) is 6.54 Å². The summed E-state index contributed by atoms with van der Waals surface area (Å²) in [6, 6.07) is 12.2. The number of aromatic nitrogens is 1. The van der Waals surface area contributed by atoms with E-state index in [1.54, 1.807) is 24.5 Å². The summed E-state index contributed by atoms with van der Waals surface area (Å²) in [6.07, 6.45) is 6.37. The summed E-state index contributed by atoms with van der Waals surface area (Å²) >= 11 is 0. The first kappa shape index (κ1) is 14.3. The molecule has 0 atom stereocenters. The molecule has 0 unspecified atom stereocenters. The van der Waals surface area contributed by atoms with Crippen molar-refractivity contribution in [3.63, 3.8) is 0 Å². The van der Waals surface area contributed by atoms with Crippen molar-refractivity contribution in [2.24, 2.45) is 0 Å². The lowest BCUT2D eigenvalue weighted by Gasteiger charge is -2.05. The number of carbonyl (C=O) groups is 1. The van der Waals surface area contributed by atoms with Crippen molar-refractivity contribution in [1.82, 2.24) is 10.3 Å². The Bertz CT molecular complexity index is 535. The van der Waals surface area contributed by atoms with Gasteiger partial charge < -0.3 is 5.32 Å². The zero-order valence-electron chi connectivity index (χ0n) is 11.8. The van der Waals surface area contributed by atoms with Gasteiger partial charge in [0.25, 0.3) is 5.91 Å². The van der Waals surface area contributed by atoms with Gasteiger partial charge in [0.2, 0.25) is 0 Å². The molecule has 20 heavy (non-hydrogen) atoms. The summed E-state index contributed by atoms with van der Waals surface area (Å²) in [6.45, 7) is 2.80. The maximum Gasteiger partial charge on any atom is 0.252 e. The third-order valence-electron chi connectivity index (χ3n) is 3.22. The number of hydrogen-bond donors (Lipinski definition) is 1. The first-order chi connectivity index (χ1) is 9.75. The van der Waals surface area contributed by atoms with E-state index >= 15 is 0 Å². The van der Waals surface area contributed by atoms with E-state index in [1.165, 1.54) is 11.1 Å². The first-order valence-corrected chi connectivity index (χ1v) is 6.99. The first-order valence-electron chi connectivity index (χ1n) is 6.99. The number of benzene rings is 1. The summed E-state index contributed by atoms with van der Waals surface area (Å²) in [5.41, 5.74) is 3.26. The van der Waals surface area contributed by atoms with Crippen LogP contribution in [0.15, 0.2) is 48.8 Å². The summed E-state index contributed by atoms with van der Waals surface area (Å²) in [4.78, 5) is 15.7. The van der Waals surface area contributed by atoms with Gasteiger partial charge in [-0.25, -0.2) is 0 Å². The Hall–Kier alpha value is -2.16. The number of nitrogens with one attached hydrogen (secondary N) is 1. The number of amides is 1. The van der Waals surface area contributed by atoms with E-state index in [-0.39, 0.29) is 5.91 Å². The second-order valence-corrected chi connectivity index (χ2v) is 4.94. The van der Waals surface area contributed by atoms with Gasteiger partial charge in [-0.2, -0.15) is 0 Å². The van der Waals surface area contributed by atoms with Crippen molar-refractivity contribution >= 4 is 5.91 Å². The monoisotopic (exact) mass is 268 g/mol. The number of hydrogen-bond acceptors (Lipinski definition) is 2. The summed E-state index contributed by atoms with van der Waals surface area (Å²) < 4.78 is 0. The van der Waals surface area contributed by atoms with E-state index < -0.39 is 0 Å². The molecule has 1 amide bonds. The molecule has 2 rings (SSSR count). The summed E-state index contributed by atoms with van der Waals surface area (Å²) in [7, 11) is 0. The van der Waals surface area contributed by atoms with Crippen molar-refractivity contribution in [3.05, 3.63) is 65.5 Å². The van der Waals surface area contributed by atoms with Gasteiger partial charge in [-0.1, -0.05) is 29.8 Å². The van der Waals surface area contributed by atoms with Crippen molar-refractivity contribution < 1.29 is 4.79 Å². The minimum atomic E-state index is -0.0477. The molecule has 3 heteroatoms. The molecular formula is C17H20N2O. The van der Waals surface area contributed by atoms with Crippen LogP contribution in [0.3, 0.4) is 0 Å². The molecule has 0 saturated heterocycles. The Morgan fingerprint density at radius 3 is 2.65 bits per heavy atom. The fraction of sp³-hybridized carbons (Fsp3) is 0.294. The number of rotatable bonds is 6. The number of aryl methyl sites for hydroxylation is 2. The topological polar surface area (TPSA) is 42.0 Å². The standard InChI is InChI=1S/C17H20N2O/c1-14-7-9-15(10-8-14)5-2-3-12-19-17(20)16-6-4-11-18-13-16/h4,6-11,13H,2-3,5,12H2,1H3,(H,19,20). The van der Waals surface area contributed by atoms with E-state index in [1.807, 2.05) is 0 Å². The van der Waals surface area contributed by atoms with Crippen LogP contribution < -0.4 is 5.32 Å². The fourth-order valence-corrected chi connectivity index (χ4v) is 2.01. The van der Waals surface area contributed by atoms with E-state index in [4.69, 9.17) is 0 Å². The quantitative estimate of drug-likeness (QED) is 0.818. The highest BCUT2D eigenvalue weighted by Gasteiger charge is 2.03.